The van der Waals surface area contributed by atoms with Gasteiger partial charge in [0.15, 0.2) is 0 Å². The van der Waals surface area contributed by atoms with Crippen LogP contribution in [-0.2, 0) is 20.4 Å². The van der Waals surface area contributed by atoms with E-state index >= 15 is 0 Å². The average Bonchev–Trinajstić information content (AvgIpc) is 2.53. The normalized spacial score (nSPS) is 19.0. The minimum atomic E-state index is -3.50. The molecule has 1 aromatic carbocycles. The molecular formula is C16H24N2O4S. The lowest BCUT2D eigenvalue weighted by Gasteiger charge is -2.39. The number of carboxylic acid groups (broad SMARTS) is 1. The van der Waals surface area contributed by atoms with Crippen LogP contribution in [0.15, 0.2) is 24.3 Å². The van der Waals surface area contributed by atoms with Crippen molar-refractivity contribution in [3.8, 4) is 0 Å². The summed E-state index contributed by atoms with van der Waals surface area (Å²) in [5, 5.41) is 9.80. The van der Waals surface area contributed by atoms with Gasteiger partial charge in [0.2, 0.25) is 0 Å². The Kier molecular flexibility index (Phi) is 5.13. The van der Waals surface area contributed by atoms with Gasteiger partial charge in [-0.2, -0.15) is 17.0 Å². The monoisotopic (exact) mass is 340 g/mol. The molecule has 1 aromatic rings. The smallest absolute Gasteiger partial charge is 0.314 e. The van der Waals surface area contributed by atoms with Gasteiger partial charge in [0, 0.05) is 26.7 Å². The zero-order valence-electron chi connectivity index (χ0n) is 13.8. The maximum absolute atomic E-state index is 12.4. The SMILES string of the molecule is CCN(C)S(=O)(=O)N1CCC(C(=O)O)(c2cccc(C)c2)CC1. The van der Waals surface area contributed by atoms with Crippen molar-refractivity contribution in [2.75, 3.05) is 26.7 Å². The Bertz CT molecular complexity index is 679. The molecule has 7 heteroatoms. The lowest BCUT2D eigenvalue weighted by atomic mass is 9.73. The first-order chi connectivity index (χ1) is 10.7. The number of rotatable bonds is 5. The summed E-state index contributed by atoms with van der Waals surface area (Å²) in [4.78, 5) is 12.0. The number of piperidine rings is 1. The fraction of sp³-hybridized carbons (Fsp3) is 0.562. The zero-order chi connectivity index (χ0) is 17.3. The third-order valence-electron chi connectivity index (χ3n) is 4.72. The van der Waals surface area contributed by atoms with E-state index in [4.69, 9.17) is 0 Å². The van der Waals surface area contributed by atoms with Gasteiger partial charge in [-0.1, -0.05) is 36.8 Å². The highest BCUT2D eigenvalue weighted by atomic mass is 32.2. The number of aryl methyl sites for hydroxylation is 1. The Morgan fingerprint density at radius 3 is 2.43 bits per heavy atom. The molecule has 0 aromatic heterocycles. The number of hydrogen-bond donors (Lipinski definition) is 1. The second-order valence-electron chi connectivity index (χ2n) is 6.08. The summed E-state index contributed by atoms with van der Waals surface area (Å²) in [5.74, 6) is -0.885. The summed E-state index contributed by atoms with van der Waals surface area (Å²) in [6.07, 6.45) is 0.561. The Labute approximate surface area is 137 Å². The number of hydrogen-bond acceptors (Lipinski definition) is 3. The standard InChI is InChI=1S/C16H24N2O4S/c1-4-17(3)23(21,22)18-10-8-16(9-11-18,15(19)20)14-7-5-6-13(2)12-14/h5-7,12H,4,8-11H2,1-3H3,(H,19,20). The predicted molar refractivity (Wildman–Crippen MR) is 88.5 cm³/mol. The topological polar surface area (TPSA) is 77.9 Å². The molecule has 0 aliphatic carbocycles. The lowest BCUT2D eigenvalue weighted by molar-refractivity contribution is -0.145. The molecule has 0 amide bonds. The first-order valence-electron chi connectivity index (χ1n) is 7.76. The van der Waals surface area contributed by atoms with Gasteiger partial charge in [-0.05, 0) is 25.3 Å². The number of carboxylic acids is 1. The molecule has 1 aliphatic rings. The van der Waals surface area contributed by atoms with Crippen LogP contribution >= 0.6 is 0 Å². The van der Waals surface area contributed by atoms with Crippen molar-refractivity contribution in [2.24, 2.45) is 0 Å². The number of carbonyl (C=O) groups is 1. The van der Waals surface area contributed by atoms with Gasteiger partial charge in [-0.15, -0.1) is 0 Å². The van der Waals surface area contributed by atoms with Crippen molar-refractivity contribution in [1.29, 1.82) is 0 Å². The molecule has 0 radical (unpaired) electrons. The van der Waals surface area contributed by atoms with Crippen molar-refractivity contribution in [3.05, 3.63) is 35.4 Å². The van der Waals surface area contributed by atoms with Crippen LogP contribution < -0.4 is 0 Å². The molecule has 0 spiro atoms. The first-order valence-corrected chi connectivity index (χ1v) is 9.15. The van der Waals surface area contributed by atoms with E-state index in [9.17, 15) is 18.3 Å². The van der Waals surface area contributed by atoms with E-state index in [1.54, 1.807) is 6.92 Å². The fourth-order valence-electron chi connectivity index (χ4n) is 3.03. The van der Waals surface area contributed by atoms with Gasteiger partial charge in [0.05, 0.1) is 5.41 Å². The number of aliphatic carboxylic acids is 1. The highest BCUT2D eigenvalue weighted by Gasteiger charge is 2.45. The molecule has 1 heterocycles. The summed E-state index contributed by atoms with van der Waals surface area (Å²) < 4.78 is 27.5. The maximum atomic E-state index is 12.4. The number of nitrogens with zero attached hydrogens (tertiary/aromatic N) is 2. The molecule has 0 saturated carbocycles. The van der Waals surface area contributed by atoms with E-state index in [0.29, 0.717) is 6.54 Å². The molecule has 1 fully saturated rings. The molecule has 0 bridgehead atoms. The summed E-state index contributed by atoms with van der Waals surface area (Å²) >= 11 is 0. The van der Waals surface area contributed by atoms with Crippen LogP contribution in [0.25, 0.3) is 0 Å². The average molecular weight is 340 g/mol. The molecule has 23 heavy (non-hydrogen) atoms. The minimum absolute atomic E-state index is 0.215. The summed E-state index contributed by atoms with van der Waals surface area (Å²) in [5.41, 5.74) is 0.748. The predicted octanol–water partition coefficient (Wildman–Crippen LogP) is 1.61. The van der Waals surface area contributed by atoms with Crippen LogP contribution in [0.2, 0.25) is 0 Å². The van der Waals surface area contributed by atoms with E-state index in [1.165, 1.54) is 15.7 Å². The van der Waals surface area contributed by atoms with Crippen molar-refractivity contribution in [2.45, 2.75) is 32.1 Å². The Hall–Kier alpha value is -1.44. The molecule has 2 rings (SSSR count). The van der Waals surface area contributed by atoms with E-state index in [0.717, 1.165) is 11.1 Å². The van der Waals surface area contributed by atoms with E-state index in [1.807, 2.05) is 31.2 Å². The molecule has 0 atom stereocenters. The van der Waals surface area contributed by atoms with Crippen LogP contribution in [0.5, 0.6) is 0 Å². The quantitative estimate of drug-likeness (QED) is 0.883. The molecular weight excluding hydrogens is 316 g/mol. The minimum Gasteiger partial charge on any atom is -0.481 e. The van der Waals surface area contributed by atoms with Crippen LogP contribution in [0.3, 0.4) is 0 Å². The van der Waals surface area contributed by atoms with Gasteiger partial charge >= 0.3 is 5.97 Å². The Balaban J connectivity index is 2.27. The van der Waals surface area contributed by atoms with E-state index in [-0.39, 0.29) is 25.9 Å². The van der Waals surface area contributed by atoms with Crippen molar-refractivity contribution in [1.82, 2.24) is 8.61 Å². The van der Waals surface area contributed by atoms with Crippen LogP contribution in [0, 0.1) is 6.92 Å². The molecule has 1 N–H and O–H groups in total. The molecule has 128 valence electrons. The van der Waals surface area contributed by atoms with Crippen LogP contribution in [0.4, 0.5) is 0 Å². The molecule has 6 nitrogen and oxygen atoms in total. The molecule has 0 unspecified atom stereocenters. The van der Waals surface area contributed by atoms with Gasteiger partial charge in [0.1, 0.15) is 0 Å². The first kappa shape index (κ1) is 17.9. The Morgan fingerprint density at radius 1 is 1.35 bits per heavy atom. The highest BCUT2D eigenvalue weighted by molar-refractivity contribution is 7.86. The number of benzene rings is 1. The summed E-state index contributed by atoms with van der Waals surface area (Å²) in [6.45, 7) is 4.52. The van der Waals surface area contributed by atoms with Gasteiger partial charge in [-0.25, -0.2) is 0 Å². The van der Waals surface area contributed by atoms with Gasteiger partial charge < -0.3 is 5.11 Å². The fourth-order valence-corrected chi connectivity index (χ4v) is 4.39. The van der Waals surface area contributed by atoms with Gasteiger partial charge in [-0.3, -0.25) is 4.79 Å². The van der Waals surface area contributed by atoms with Crippen molar-refractivity contribution < 1.29 is 18.3 Å². The van der Waals surface area contributed by atoms with Gasteiger partial charge in [0.25, 0.3) is 10.2 Å². The van der Waals surface area contributed by atoms with Crippen molar-refractivity contribution in [3.63, 3.8) is 0 Å². The Morgan fingerprint density at radius 2 is 1.96 bits per heavy atom. The van der Waals surface area contributed by atoms with Crippen LogP contribution in [-0.4, -0.2) is 54.8 Å². The van der Waals surface area contributed by atoms with Crippen molar-refractivity contribution >= 4 is 16.2 Å². The molecule has 1 aliphatic heterocycles. The maximum Gasteiger partial charge on any atom is 0.314 e. The highest BCUT2D eigenvalue weighted by Crippen LogP contribution is 2.37. The van der Waals surface area contributed by atoms with E-state index in [2.05, 4.69) is 0 Å². The summed E-state index contributed by atoms with van der Waals surface area (Å²) in [6, 6.07) is 7.48. The zero-order valence-corrected chi connectivity index (χ0v) is 14.6. The van der Waals surface area contributed by atoms with E-state index < -0.39 is 21.6 Å². The summed E-state index contributed by atoms with van der Waals surface area (Å²) in [7, 11) is -1.97. The second kappa shape index (κ2) is 6.59. The third kappa shape index (κ3) is 3.27. The largest absolute Gasteiger partial charge is 0.481 e. The second-order valence-corrected chi connectivity index (χ2v) is 8.11. The molecule has 1 saturated heterocycles. The van der Waals surface area contributed by atoms with Crippen LogP contribution in [0.1, 0.15) is 30.9 Å². The third-order valence-corrected chi connectivity index (χ3v) is 6.79. The lowest BCUT2D eigenvalue weighted by Crippen LogP contribution is -2.52.